The van der Waals surface area contributed by atoms with Crippen LogP contribution >= 0.6 is 0 Å². The first-order valence-corrected chi connectivity index (χ1v) is 7.42. The number of ether oxygens (including phenoxy) is 3. The van der Waals surface area contributed by atoms with Crippen LogP contribution in [0, 0.1) is 0 Å². The number of carbonyl (C=O) groups is 1. The van der Waals surface area contributed by atoms with Gasteiger partial charge in [-0.1, -0.05) is 6.92 Å². The monoisotopic (exact) mass is 308 g/mol. The van der Waals surface area contributed by atoms with Gasteiger partial charge in [-0.05, 0) is 13.5 Å². The van der Waals surface area contributed by atoms with E-state index < -0.39 is 6.17 Å². The molecule has 0 radical (unpaired) electrons. The summed E-state index contributed by atoms with van der Waals surface area (Å²) in [5, 5.41) is 5.59. The second kappa shape index (κ2) is 14.2. The lowest BCUT2D eigenvalue weighted by molar-refractivity contribution is -0.119. The standard InChI is InChI=1S/C14H29FN2O4/c1-4-16-9-12(2)21-8-7-19-5-6-20-11-14(15)10-17-13(3)18/h12,14,16H,4-11H2,1-3H3,(H,17,18). The van der Waals surface area contributed by atoms with E-state index in [-0.39, 0.29) is 25.2 Å². The van der Waals surface area contributed by atoms with E-state index in [2.05, 4.69) is 10.6 Å². The van der Waals surface area contributed by atoms with Crippen molar-refractivity contribution in [2.75, 3.05) is 52.7 Å². The van der Waals surface area contributed by atoms with Gasteiger partial charge in [0.1, 0.15) is 6.17 Å². The van der Waals surface area contributed by atoms with Gasteiger partial charge < -0.3 is 24.8 Å². The molecule has 2 N–H and O–H groups in total. The number of rotatable bonds is 14. The van der Waals surface area contributed by atoms with Crippen molar-refractivity contribution in [2.24, 2.45) is 0 Å². The molecule has 0 fully saturated rings. The fourth-order valence-corrected chi connectivity index (χ4v) is 1.46. The fraction of sp³-hybridized carbons (Fsp3) is 0.929. The van der Waals surface area contributed by atoms with Crippen LogP contribution in [0.5, 0.6) is 0 Å². The summed E-state index contributed by atoms with van der Waals surface area (Å²) in [5.41, 5.74) is 0. The number of likely N-dealkylation sites (N-methyl/N-ethyl adjacent to an activating group) is 1. The van der Waals surface area contributed by atoms with Gasteiger partial charge in [-0.15, -0.1) is 0 Å². The average Bonchev–Trinajstić information content (AvgIpc) is 2.45. The lowest BCUT2D eigenvalue weighted by atomic mass is 10.4. The minimum Gasteiger partial charge on any atom is -0.377 e. The highest BCUT2D eigenvalue weighted by Crippen LogP contribution is 1.92. The average molecular weight is 308 g/mol. The molecule has 0 aromatic carbocycles. The molecule has 21 heavy (non-hydrogen) atoms. The van der Waals surface area contributed by atoms with Gasteiger partial charge in [0, 0.05) is 13.5 Å². The number of carbonyl (C=O) groups excluding carboxylic acids is 1. The summed E-state index contributed by atoms with van der Waals surface area (Å²) in [6.45, 7) is 8.84. The third-order valence-electron chi connectivity index (χ3n) is 2.56. The maximum Gasteiger partial charge on any atom is 0.216 e. The van der Waals surface area contributed by atoms with Gasteiger partial charge in [-0.2, -0.15) is 0 Å². The second-order valence-corrected chi connectivity index (χ2v) is 4.71. The van der Waals surface area contributed by atoms with Crippen molar-refractivity contribution in [3.8, 4) is 0 Å². The van der Waals surface area contributed by atoms with Crippen molar-refractivity contribution in [3.63, 3.8) is 0 Å². The van der Waals surface area contributed by atoms with Crippen LogP contribution in [0.1, 0.15) is 20.8 Å². The van der Waals surface area contributed by atoms with Crippen LogP contribution in [-0.2, 0) is 19.0 Å². The van der Waals surface area contributed by atoms with E-state index in [4.69, 9.17) is 14.2 Å². The first-order chi connectivity index (χ1) is 10.1. The normalized spacial score (nSPS) is 13.9. The Labute approximate surface area is 126 Å². The molecular weight excluding hydrogens is 279 g/mol. The Morgan fingerprint density at radius 1 is 1.14 bits per heavy atom. The molecule has 6 nitrogen and oxygen atoms in total. The number of halogens is 1. The van der Waals surface area contributed by atoms with Gasteiger partial charge in [0.15, 0.2) is 0 Å². The highest BCUT2D eigenvalue weighted by Gasteiger charge is 2.06. The molecule has 0 heterocycles. The van der Waals surface area contributed by atoms with Crippen LogP contribution in [-0.4, -0.2) is 70.9 Å². The minimum absolute atomic E-state index is 0.0201. The van der Waals surface area contributed by atoms with Crippen LogP contribution in [0.15, 0.2) is 0 Å². The highest BCUT2D eigenvalue weighted by molar-refractivity contribution is 5.72. The van der Waals surface area contributed by atoms with Crippen molar-refractivity contribution in [2.45, 2.75) is 33.0 Å². The number of hydrogen-bond donors (Lipinski definition) is 2. The molecule has 1 amide bonds. The molecule has 0 saturated carbocycles. The summed E-state index contributed by atoms with van der Waals surface area (Å²) in [4.78, 5) is 10.6. The number of nitrogens with one attached hydrogen (secondary N) is 2. The number of alkyl halides is 1. The Balaban J connectivity index is 3.23. The molecule has 0 aliphatic carbocycles. The molecule has 2 atom stereocenters. The molecule has 0 rings (SSSR count). The summed E-state index contributed by atoms with van der Waals surface area (Å²) < 4.78 is 29.1. The Hall–Kier alpha value is -0.760. The fourth-order valence-electron chi connectivity index (χ4n) is 1.46. The first-order valence-electron chi connectivity index (χ1n) is 7.42. The Kier molecular flexibility index (Phi) is 13.7. The number of amides is 1. The van der Waals surface area contributed by atoms with E-state index in [1.165, 1.54) is 6.92 Å². The van der Waals surface area contributed by atoms with Crippen molar-refractivity contribution >= 4 is 5.91 Å². The zero-order chi connectivity index (χ0) is 15.9. The largest absolute Gasteiger partial charge is 0.377 e. The quantitative estimate of drug-likeness (QED) is 0.458. The van der Waals surface area contributed by atoms with Crippen LogP contribution in [0.2, 0.25) is 0 Å². The SMILES string of the molecule is CCNCC(C)OCCOCCOCC(F)CNC(C)=O. The van der Waals surface area contributed by atoms with Crippen molar-refractivity contribution in [3.05, 3.63) is 0 Å². The molecule has 7 heteroatoms. The Morgan fingerprint density at radius 2 is 1.81 bits per heavy atom. The van der Waals surface area contributed by atoms with E-state index in [0.717, 1.165) is 13.1 Å². The summed E-state index contributed by atoms with van der Waals surface area (Å²) in [6.07, 6.45) is -1.03. The molecule has 0 aliphatic heterocycles. The van der Waals surface area contributed by atoms with E-state index in [1.807, 2.05) is 13.8 Å². The van der Waals surface area contributed by atoms with E-state index >= 15 is 0 Å². The third-order valence-corrected chi connectivity index (χ3v) is 2.56. The van der Waals surface area contributed by atoms with Gasteiger partial charge in [-0.3, -0.25) is 4.79 Å². The second-order valence-electron chi connectivity index (χ2n) is 4.71. The van der Waals surface area contributed by atoms with Crippen molar-refractivity contribution in [1.82, 2.24) is 10.6 Å². The molecule has 126 valence electrons. The summed E-state index contributed by atoms with van der Waals surface area (Å²) >= 11 is 0. The van der Waals surface area contributed by atoms with E-state index in [1.54, 1.807) is 0 Å². The molecule has 2 unspecified atom stereocenters. The van der Waals surface area contributed by atoms with Gasteiger partial charge in [-0.25, -0.2) is 4.39 Å². The molecule has 0 aliphatic rings. The predicted octanol–water partition coefficient (Wildman–Crippen LogP) is 0.508. The zero-order valence-corrected chi connectivity index (χ0v) is 13.3. The molecule has 0 saturated heterocycles. The lowest BCUT2D eigenvalue weighted by Gasteiger charge is -2.13. The van der Waals surface area contributed by atoms with E-state index in [9.17, 15) is 9.18 Å². The molecule has 0 aromatic heterocycles. The molecule has 0 spiro atoms. The Morgan fingerprint density at radius 3 is 2.48 bits per heavy atom. The van der Waals surface area contributed by atoms with Gasteiger partial charge in [0.25, 0.3) is 0 Å². The summed E-state index contributed by atoms with van der Waals surface area (Å²) in [6, 6.07) is 0. The highest BCUT2D eigenvalue weighted by atomic mass is 19.1. The molecule has 0 bridgehead atoms. The minimum atomic E-state index is -1.19. The van der Waals surface area contributed by atoms with Crippen LogP contribution in [0.3, 0.4) is 0 Å². The van der Waals surface area contributed by atoms with Gasteiger partial charge >= 0.3 is 0 Å². The first kappa shape index (κ1) is 20.2. The van der Waals surface area contributed by atoms with Crippen LogP contribution in [0.4, 0.5) is 4.39 Å². The molecule has 0 aromatic rings. The zero-order valence-electron chi connectivity index (χ0n) is 13.3. The Bertz CT molecular complexity index is 257. The predicted molar refractivity (Wildman–Crippen MR) is 79.2 cm³/mol. The third kappa shape index (κ3) is 15.4. The molecular formula is C14H29FN2O4. The maximum absolute atomic E-state index is 13.2. The van der Waals surface area contributed by atoms with Crippen molar-refractivity contribution < 1.29 is 23.4 Å². The van der Waals surface area contributed by atoms with E-state index in [0.29, 0.717) is 26.4 Å². The topological polar surface area (TPSA) is 68.8 Å². The number of hydrogen-bond acceptors (Lipinski definition) is 5. The lowest BCUT2D eigenvalue weighted by Crippen LogP contribution is -2.31. The van der Waals surface area contributed by atoms with Gasteiger partial charge in [0.05, 0.1) is 45.7 Å². The van der Waals surface area contributed by atoms with Gasteiger partial charge in [0.2, 0.25) is 5.91 Å². The van der Waals surface area contributed by atoms with Crippen molar-refractivity contribution in [1.29, 1.82) is 0 Å². The summed E-state index contributed by atoms with van der Waals surface area (Å²) in [7, 11) is 0. The smallest absolute Gasteiger partial charge is 0.216 e. The summed E-state index contributed by atoms with van der Waals surface area (Å²) in [5.74, 6) is -0.246. The van der Waals surface area contributed by atoms with Crippen LogP contribution < -0.4 is 10.6 Å². The van der Waals surface area contributed by atoms with Crippen LogP contribution in [0.25, 0.3) is 0 Å². The maximum atomic E-state index is 13.2.